The van der Waals surface area contributed by atoms with Gasteiger partial charge in [-0.25, -0.2) is 9.37 Å². The molecule has 1 aliphatic carbocycles. The number of primary amides is 1. The van der Waals surface area contributed by atoms with Gasteiger partial charge in [-0.3, -0.25) is 14.3 Å². The van der Waals surface area contributed by atoms with Gasteiger partial charge in [0.25, 0.3) is 5.91 Å². The van der Waals surface area contributed by atoms with Gasteiger partial charge in [-0.2, -0.15) is 18.3 Å². The Balaban J connectivity index is 1.55. The van der Waals surface area contributed by atoms with Gasteiger partial charge in [0.05, 0.1) is 38.4 Å². The Morgan fingerprint density at radius 3 is 2.47 bits per heavy atom. The lowest BCUT2D eigenvalue weighted by Crippen LogP contribution is -2.51. The molecule has 1 saturated carbocycles. The lowest BCUT2D eigenvalue weighted by atomic mass is 9.93. The molecule has 14 heteroatoms. The number of rotatable bonds is 12. The second-order valence-corrected chi connectivity index (χ2v) is 10.8. The van der Waals surface area contributed by atoms with Crippen LogP contribution in [0.2, 0.25) is 0 Å². The first-order valence-corrected chi connectivity index (χ1v) is 14.2. The number of nitrogens with zero attached hydrogens (tertiary/aromatic N) is 3. The molecule has 0 bridgehead atoms. The number of carbonyl (C=O) groups is 2. The van der Waals surface area contributed by atoms with Crippen LogP contribution in [0.1, 0.15) is 53.8 Å². The molecule has 4 N–H and O–H groups in total. The molecule has 10 nitrogen and oxygen atoms in total. The zero-order chi connectivity index (χ0) is 32.5. The van der Waals surface area contributed by atoms with Crippen LogP contribution in [-0.2, 0) is 16.8 Å². The molecule has 45 heavy (non-hydrogen) atoms. The van der Waals surface area contributed by atoms with Crippen molar-refractivity contribution in [2.45, 2.75) is 50.4 Å². The van der Waals surface area contributed by atoms with Gasteiger partial charge in [-0.15, -0.1) is 0 Å². The van der Waals surface area contributed by atoms with E-state index in [1.165, 1.54) is 31.4 Å². The van der Waals surface area contributed by atoms with Gasteiger partial charge in [-0.1, -0.05) is 6.92 Å². The van der Waals surface area contributed by atoms with Crippen molar-refractivity contribution in [2.75, 3.05) is 20.3 Å². The smallest absolute Gasteiger partial charge is 0.424 e. The molecular formula is C31H31F4N5O5. The highest BCUT2D eigenvalue weighted by atomic mass is 19.4. The predicted octanol–water partition coefficient (Wildman–Crippen LogP) is 4.58. The number of hydrogen-bond donors (Lipinski definition) is 3. The Labute approximate surface area is 255 Å². The number of aliphatic hydroxyl groups is 1. The number of nitrogens with one attached hydrogen (secondary N) is 1. The summed E-state index contributed by atoms with van der Waals surface area (Å²) in [4.78, 5) is 29.3. The normalized spacial score (nSPS) is 14.6. The van der Waals surface area contributed by atoms with Gasteiger partial charge in [0, 0.05) is 28.3 Å². The van der Waals surface area contributed by atoms with Crippen molar-refractivity contribution in [1.82, 2.24) is 20.1 Å². The maximum Gasteiger partial charge on any atom is 0.424 e. The fraction of sp³-hybridized carbons (Fsp3) is 0.355. The Hall–Kier alpha value is -4.72. The zero-order valence-electron chi connectivity index (χ0n) is 24.4. The van der Waals surface area contributed by atoms with Gasteiger partial charge in [-0.05, 0) is 61.7 Å². The topological polar surface area (TPSA) is 142 Å². The minimum atomic E-state index is -5.35. The molecule has 0 radical (unpaired) electrons. The number of pyridine rings is 1. The standard InChI is InChI=1S/C31H31F4N5O5/c1-3-10-45-28-18(14-25(36)41)13-24(38-27(28)17-4-6-21(32)7-5-17)30(43,31(33,34)35)16-37-29(42)19-11-20-15-40(22-8-9-22)39-26(20)23(12-19)44-2/h4-7,11-13,15,22,43H,3,8-10,14,16H2,1-2H3,(H2,36,41)(H,37,42)/t30-/m0/s1. The number of nitrogens with two attached hydrogens (primary N) is 1. The summed E-state index contributed by atoms with van der Waals surface area (Å²) in [5.74, 6) is -2.18. The van der Waals surface area contributed by atoms with Crippen LogP contribution in [-0.4, -0.2) is 58.1 Å². The van der Waals surface area contributed by atoms with Crippen LogP contribution in [0.15, 0.2) is 48.7 Å². The first-order chi connectivity index (χ1) is 21.3. The fourth-order valence-corrected chi connectivity index (χ4v) is 4.87. The molecule has 2 aromatic heterocycles. The molecule has 1 fully saturated rings. The number of ether oxygens (including phenoxy) is 2. The van der Waals surface area contributed by atoms with E-state index in [9.17, 15) is 32.3 Å². The van der Waals surface area contributed by atoms with Crippen molar-refractivity contribution in [3.63, 3.8) is 0 Å². The number of halogens is 4. The maximum atomic E-state index is 14.7. The second kappa shape index (κ2) is 12.3. The molecule has 0 saturated heterocycles. The van der Waals surface area contributed by atoms with E-state index in [4.69, 9.17) is 15.2 Å². The van der Waals surface area contributed by atoms with E-state index >= 15 is 0 Å². The zero-order valence-corrected chi connectivity index (χ0v) is 24.4. The summed E-state index contributed by atoms with van der Waals surface area (Å²) in [7, 11) is 1.39. The number of methoxy groups -OCH3 is 1. The molecule has 4 aromatic rings. The highest BCUT2D eigenvalue weighted by Gasteiger charge is 2.56. The van der Waals surface area contributed by atoms with E-state index in [0.717, 1.165) is 31.0 Å². The summed E-state index contributed by atoms with van der Waals surface area (Å²) in [5.41, 5.74) is 1.15. The van der Waals surface area contributed by atoms with Crippen molar-refractivity contribution in [1.29, 1.82) is 0 Å². The van der Waals surface area contributed by atoms with E-state index in [2.05, 4.69) is 15.4 Å². The van der Waals surface area contributed by atoms with Crippen molar-refractivity contribution < 1.29 is 41.7 Å². The van der Waals surface area contributed by atoms with Gasteiger partial charge in [0.1, 0.15) is 28.5 Å². The van der Waals surface area contributed by atoms with Crippen molar-refractivity contribution in [3.05, 3.63) is 71.3 Å². The summed E-state index contributed by atoms with van der Waals surface area (Å²) >= 11 is 0. The van der Waals surface area contributed by atoms with E-state index in [1.54, 1.807) is 17.8 Å². The van der Waals surface area contributed by atoms with Crippen LogP contribution in [0.4, 0.5) is 17.6 Å². The lowest BCUT2D eigenvalue weighted by Gasteiger charge is -2.31. The van der Waals surface area contributed by atoms with E-state index in [0.29, 0.717) is 17.3 Å². The number of benzene rings is 2. The number of alkyl halides is 3. The monoisotopic (exact) mass is 629 g/mol. The SMILES string of the molecule is CCCOc1c(CC(N)=O)cc([C@@](O)(CNC(=O)c2cc(OC)c3nn(C4CC4)cc3c2)C(F)(F)F)nc1-c1ccc(F)cc1. The largest absolute Gasteiger partial charge is 0.494 e. The highest BCUT2D eigenvalue weighted by molar-refractivity contribution is 6.00. The summed E-state index contributed by atoms with van der Waals surface area (Å²) in [6.07, 6.45) is -1.72. The van der Waals surface area contributed by atoms with Crippen LogP contribution in [0.25, 0.3) is 22.2 Å². The number of fused-ring (bicyclic) bond motifs is 1. The van der Waals surface area contributed by atoms with E-state index in [1.807, 2.05) is 0 Å². The summed E-state index contributed by atoms with van der Waals surface area (Å²) < 4.78 is 70.7. The average Bonchev–Trinajstić information content (AvgIpc) is 3.76. The maximum absolute atomic E-state index is 14.7. The number of hydrogen-bond acceptors (Lipinski definition) is 7. The quantitative estimate of drug-likeness (QED) is 0.195. The van der Waals surface area contributed by atoms with E-state index in [-0.39, 0.29) is 46.5 Å². The molecule has 2 heterocycles. The summed E-state index contributed by atoms with van der Waals surface area (Å²) in [6.45, 7) is 0.580. The average molecular weight is 630 g/mol. The molecule has 0 spiro atoms. The molecule has 2 aromatic carbocycles. The minimum Gasteiger partial charge on any atom is -0.494 e. The molecule has 0 unspecified atom stereocenters. The van der Waals surface area contributed by atoms with Crippen LogP contribution in [0.5, 0.6) is 11.5 Å². The van der Waals surface area contributed by atoms with Crippen LogP contribution >= 0.6 is 0 Å². The van der Waals surface area contributed by atoms with Crippen LogP contribution < -0.4 is 20.5 Å². The highest BCUT2D eigenvalue weighted by Crippen LogP contribution is 2.42. The fourth-order valence-electron chi connectivity index (χ4n) is 4.87. The molecular weight excluding hydrogens is 598 g/mol. The number of carbonyl (C=O) groups excluding carboxylic acids is 2. The summed E-state index contributed by atoms with van der Waals surface area (Å²) in [5, 5.41) is 18.5. The van der Waals surface area contributed by atoms with Crippen molar-refractivity contribution in [3.8, 4) is 22.8 Å². The Kier molecular flexibility index (Phi) is 8.70. The molecule has 2 amide bonds. The van der Waals surface area contributed by atoms with E-state index < -0.39 is 48.1 Å². The van der Waals surface area contributed by atoms with Gasteiger partial charge >= 0.3 is 6.18 Å². The third-order valence-corrected chi connectivity index (χ3v) is 7.37. The molecule has 0 aliphatic heterocycles. The Morgan fingerprint density at radius 2 is 1.87 bits per heavy atom. The third-order valence-electron chi connectivity index (χ3n) is 7.37. The molecule has 1 aliphatic rings. The van der Waals surface area contributed by atoms with Crippen LogP contribution in [0, 0.1) is 5.82 Å². The predicted molar refractivity (Wildman–Crippen MR) is 155 cm³/mol. The molecule has 1 atom stereocenters. The second-order valence-electron chi connectivity index (χ2n) is 10.8. The number of amides is 2. The third kappa shape index (κ3) is 6.55. The lowest BCUT2D eigenvalue weighted by molar-refractivity contribution is -0.265. The van der Waals surface area contributed by atoms with Crippen LogP contribution in [0.3, 0.4) is 0 Å². The van der Waals surface area contributed by atoms with Crippen molar-refractivity contribution in [2.24, 2.45) is 5.73 Å². The number of aromatic nitrogens is 3. The first kappa shape index (κ1) is 31.7. The van der Waals surface area contributed by atoms with Gasteiger partial charge in [0.15, 0.2) is 0 Å². The Morgan fingerprint density at radius 1 is 1.16 bits per heavy atom. The van der Waals surface area contributed by atoms with Crippen molar-refractivity contribution >= 4 is 22.7 Å². The minimum absolute atomic E-state index is 0.0167. The summed E-state index contributed by atoms with van der Waals surface area (Å²) in [6, 6.07) is 8.66. The van der Waals surface area contributed by atoms with Gasteiger partial charge < -0.3 is 25.6 Å². The Bertz CT molecular complexity index is 1740. The first-order valence-electron chi connectivity index (χ1n) is 14.2. The molecule has 5 rings (SSSR count). The van der Waals surface area contributed by atoms with Gasteiger partial charge in [0.2, 0.25) is 11.5 Å². The molecule has 238 valence electrons.